The summed E-state index contributed by atoms with van der Waals surface area (Å²) in [6.07, 6.45) is 1.64. The summed E-state index contributed by atoms with van der Waals surface area (Å²) >= 11 is 5.62. The second-order valence-electron chi connectivity index (χ2n) is 3.28. The summed E-state index contributed by atoms with van der Waals surface area (Å²) in [6, 6.07) is 0. The topological polar surface area (TPSA) is 48.2 Å². The van der Waals surface area contributed by atoms with E-state index < -0.39 is 5.60 Å². The first-order chi connectivity index (χ1) is 7.22. The Morgan fingerprint density at radius 2 is 2.00 bits per heavy atom. The van der Waals surface area contributed by atoms with E-state index in [4.69, 9.17) is 20.9 Å². The lowest BCUT2D eigenvalue weighted by Crippen LogP contribution is -2.29. The molecule has 0 aliphatic heterocycles. The first kappa shape index (κ1) is 12.5. The molecular weight excluding hydrogens is 216 g/mol. The number of aromatic nitrogens is 2. The molecule has 1 rings (SSSR count). The third kappa shape index (κ3) is 2.49. The van der Waals surface area contributed by atoms with Crippen molar-refractivity contribution in [2.45, 2.75) is 45.1 Å². The fraction of sp³-hybridized carbons (Fsp3) is 0.800. The van der Waals surface area contributed by atoms with Gasteiger partial charge in [-0.25, -0.2) is 0 Å². The lowest BCUT2D eigenvalue weighted by molar-refractivity contribution is -0.0583. The quantitative estimate of drug-likeness (QED) is 0.708. The fourth-order valence-electron chi connectivity index (χ4n) is 1.61. The maximum atomic E-state index is 5.74. The van der Waals surface area contributed by atoms with E-state index in [0.717, 1.165) is 12.8 Å². The van der Waals surface area contributed by atoms with Crippen LogP contribution in [0.5, 0.6) is 0 Å². The first-order valence-corrected chi connectivity index (χ1v) is 5.78. The van der Waals surface area contributed by atoms with Crippen LogP contribution in [0.15, 0.2) is 4.52 Å². The summed E-state index contributed by atoms with van der Waals surface area (Å²) < 4.78 is 10.7. The van der Waals surface area contributed by atoms with Crippen LogP contribution in [0.2, 0.25) is 0 Å². The van der Waals surface area contributed by atoms with Crippen molar-refractivity contribution >= 4 is 11.6 Å². The van der Waals surface area contributed by atoms with Crippen molar-refractivity contribution < 1.29 is 9.26 Å². The van der Waals surface area contributed by atoms with Crippen LogP contribution in [-0.2, 0) is 16.2 Å². The van der Waals surface area contributed by atoms with Gasteiger partial charge in [0.05, 0.1) is 0 Å². The van der Waals surface area contributed by atoms with Gasteiger partial charge in [-0.15, -0.1) is 11.6 Å². The van der Waals surface area contributed by atoms with Gasteiger partial charge in [-0.2, -0.15) is 4.98 Å². The Kier molecular flexibility index (Phi) is 4.54. The Bertz CT molecular complexity index is 297. The van der Waals surface area contributed by atoms with Crippen LogP contribution >= 0.6 is 11.6 Å². The molecule has 0 aromatic carbocycles. The standard InChI is InChI=1S/C10H17ClN2O2/c1-4-10(5-2,14-6-3)9-12-8(7-11)15-13-9/h4-7H2,1-3H3. The van der Waals surface area contributed by atoms with E-state index >= 15 is 0 Å². The van der Waals surface area contributed by atoms with Gasteiger partial charge < -0.3 is 9.26 Å². The Labute approximate surface area is 95.0 Å². The van der Waals surface area contributed by atoms with E-state index in [-0.39, 0.29) is 5.88 Å². The molecule has 1 heterocycles. The summed E-state index contributed by atoms with van der Waals surface area (Å²) in [7, 11) is 0. The average Bonchev–Trinajstić information content (AvgIpc) is 2.75. The summed E-state index contributed by atoms with van der Waals surface area (Å²) in [5.74, 6) is 1.28. The predicted octanol–water partition coefficient (Wildman–Crippen LogP) is 2.86. The van der Waals surface area contributed by atoms with Crippen molar-refractivity contribution in [3.05, 3.63) is 11.7 Å². The van der Waals surface area contributed by atoms with Crippen LogP contribution in [0.1, 0.15) is 45.3 Å². The molecule has 0 fully saturated rings. The van der Waals surface area contributed by atoms with Gasteiger partial charge in [0, 0.05) is 6.61 Å². The molecule has 4 nitrogen and oxygen atoms in total. The molecule has 0 atom stereocenters. The largest absolute Gasteiger partial charge is 0.367 e. The number of halogens is 1. The zero-order valence-electron chi connectivity index (χ0n) is 9.42. The Hall–Kier alpha value is -0.610. The highest BCUT2D eigenvalue weighted by Gasteiger charge is 2.34. The van der Waals surface area contributed by atoms with Gasteiger partial charge in [0.15, 0.2) is 0 Å². The van der Waals surface area contributed by atoms with Gasteiger partial charge in [-0.3, -0.25) is 0 Å². The van der Waals surface area contributed by atoms with Crippen LogP contribution in [0.3, 0.4) is 0 Å². The molecule has 0 N–H and O–H groups in total. The van der Waals surface area contributed by atoms with Crippen LogP contribution in [0, 0.1) is 0 Å². The van der Waals surface area contributed by atoms with Gasteiger partial charge >= 0.3 is 0 Å². The normalized spacial score (nSPS) is 12.0. The lowest BCUT2D eigenvalue weighted by atomic mass is 9.96. The highest BCUT2D eigenvalue weighted by atomic mass is 35.5. The SMILES string of the molecule is CCOC(CC)(CC)c1noc(CCl)n1. The predicted molar refractivity (Wildman–Crippen MR) is 57.7 cm³/mol. The Balaban J connectivity index is 2.96. The maximum absolute atomic E-state index is 5.74. The molecule has 15 heavy (non-hydrogen) atoms. The molecule has 1 aromatic heterocycles. The molecule has 0 saturated heterocycles. The number of ether oxygens (including phenoxy) is 1. The minimum absolute atomic E-state index is 0.239. The van der Waals surface area contributed by atoms with E-state index in [1.54, 1.807) is 0 Å². The Morgan fingerprint density at radius 3 is 2.40 bits per heavy atom. The number of nitrogens with zero attached hydrogens (tertiary/aromatic N) is 2. The van der Waals surface area contributed by atoms with Crippen LogP contribution in [0.4, 0.5) is 0 Å². The molecule has 5 heteroatoms. The van der Waals surface area contributed by atoms with Crippen molar-refractivity contribution in [3.8, 4) is 0 Å². The number of hydrogen-bond donors (Lipinski definition) is 0. The highest BCUT2D eigenvalue weighted by Crippen LogP contribution is 2.30. The van der Waals surface area contributed by atoms with E-state index in [1.807, 2.05) is 6.92 Å². The van der Waals surface area contributed by atoms with E-state index in [0.29, 0.717) is 18.3 Å². The second-order valence-corrected chi connectivity index (χ2v) is 3.55. The summed E-state index contributed by atoms with van der Waals surface area (Å²) in [4.78, 5) is 4.23. The zero-order valence-corrected chi connectivity index (χ0v) is 10.2. The van der Waals surface area contributed by atoms with Gasteiger partial charge in [0.1, 0.15) is 11.5 Å². The molecule has 86 valence electrons. The summed E-state index contributed by atoms with van der Waals surface area (Å²) in [5, 5.41) is 3.92. The molecule has 0 spiro atoms. The molecule has 0 aliphatic carbocycles. The zero-order chi connectivity index (χ0) is 11.3. The first-order valence-electron chi connectivity index (χ1n) is 5.25. The molecule has 0 unspecified atom stereocenters. The Morgan fingerprint density at radius 1 is 1.33 bits per heavy atom. The monoisotopic (exact) mass is 232 g/mol. The second kappa shape index (κ2) is 5.47. The number of hydrogen-bond acceptors (Lipinski definition) is 4. The van der Waals surface area contributed by atoms with Crippen LogP contribution < -0.4 is 0 Å². The number of rotatable bonds is 6. The molecule has 1 aromatic rings. The minimum atomic E-state index is -0.428. The lowest BCUT2D eigenvalue weighted by Gasteiger charge is -2.27. The van der Waals surface area contributed by atoms with Gasteiger partial charge in [-0.05, 0) is 19.8 Å². The van der Waals surface area contributed by atoms with Gasteiger partial charge in [0.2, 0.25) is 11.7 Å². The number of alkyl halides is 1. The van der Waals surface area contributed by atoms with Crippen molar-refractivity contribution in [3.63, 3.8) is 0 Å². The van der Waals surface area contributed by atoms with Crippen molar-refractivity contribution in [1.29, 1.82) is 0 Å². The van der Waals surface area contributed by atoms with Crippen molar-refractivity contribution in [2.24, 2.45) is 0 Å². The third-order valence-corrected chi connectivity index (χ3v) is 2.78. The van der Waals surface area contributed by atoms with Gasteiger partial charge in [-0.1, -0.05) is 19.0 Å². The fourth-order valence-corrected chi connectivity index (χ4v) is 1.71. The van der Waals surface area contributed by atoms with Crippen molar-refractivity contribution in [1.82, 2.24) is 10.1 Å². The summed E-state index contributed by atoms with van der Waals surface area (Å²) in [6.45, 7) is 6.70. The molecule has 0 amide bonds. The molecular formula is C10H17ClN2O2. The molecule has 0 bridgehead atoms. The molecule has 0 aliphatic rings. The average molecular weight is 233 g/mol. The van der Waals surface area contributed by atoms with E-state index in [9.17, 15) is 0 Å². The van der Waals surface area contributed by atoms with Gasteiger partial charge in [0.25, 0.3) is 0 Å². The van der Waals surface area contributed by atoms with E-state index in [1.165, 1.54) is 0 Å². The maximum Gasteiger partial charge on any atom is 0.241 e. The smallest absolute Gasteiger partial charge is 0.241 e. The molecule has 0 saturated carbocycles. The molecule has 0 radical (unpaired) electrons. The van der Waals surface area contributed by atoms with E-state index in [2.05, 4.69) is 24.0 Å². The summed E-state index contributed by atoms with van der Waals surface area (Å²) in [5.41, 5.74) is -0.428. The minimum Gasteiger partial charge on any atom is -0.367 e. The van der Waals surface area contributed by atoms with Crippen LogP contribution in [0.25, 0.3) is 0 Å². The highest BCUT2D eigenvalue weighted by molar-refractivity contribution is 6.16. The van der Waals surface area contributed by atoms with Crippen molar-refractivity contribution in [2.75, 3.05) is 6.61 Å². The van der Waals surface area contributed by atoms with Crippen LogP contribution in [-0.4, -0.2) is 16.7 Å². The third-order valence-electron chi connectivity index (χ3n) is 2.55.